The summed E-state index contributed by atoms with van der Waals surface area (Å²) in [6, 6.07) is 4.07. The first-order valence-corrected chi connectivity index (χ1v) is 7.00. The van der Waals surface area contributed by atoms with Crippen LogP contribution in [0, 0.1) is 6.92 Å². The third kappa shape index (κ3) is 2.34. The summed E-state index contributed by atoms with van der Waals surface area (Å²) in [6.07, 6.45) is 8.44. The van der Waals surface area contributed by atoms with E-state index in [0.717, 1.165) is 23.7 Å². The van der Waals surface area contributed by atoms with Crippen LogP contribution in [0.25, 0.3) is 0 Å². The Labute approximate surface area is 109 Å². The van der Waals surface area contributed by atoms with E-state index < -0.39 is 0 Å². The van der Waals surface area contributed by atoms with Crippen molar-refractivity contribution in [1.82, 2.24) is 14.9 Å². The SMILES string of the molecule is Cc1nccc(NC2CC3CCCC(C2)N3C)n1. The predicted molar refractivity (Wildman–Crippen MR) is 72.6 cm³/mol. The van der Waals surface area contributed by atoms with Crippen LogP contribution in [0.3, 0.4) is 0 Å². The Morgan fingerprint density at radius 1 is 1.28 bits per heavy atom. The Morgan fingerprint density at radius 2 is 2.00 bits per heavy atom. The van der Waals surface area contributed by atoms with Crippen LogP contribution >= 0.6 is 0 Å². The molecule has 2 aliphatic heterocycles. The summed E-state index contributed by atoms with van der Waals surface area (Å²) in [6.45, 7) is 1.94. The smallest absolute Gasteiger partial charge is 0.129 e. The molecule has 4 nitrogen and oxygen atoms in total. The lowest BCUT2D eigenvalue weighted by atomic mass is 9.82. The first-order chi connectivity index (χ1) is 8.72. The molecule has 0 saturated carbocycles. The van der Waals surface area contributed by atoms with Gasteiger partial charge in [0, 0.05) is 24.3 Å². The van der Waals surface area contributed by atoms with Gasteiger partial charge in [-0.1, -0.05) is 6.42 Å². The quantitative estimate of drug-likeness (QED) is 0.868. The van der Waals surface area contributed by atoms with Crippen molar-refractivity contribution in [1.29, 1.82) is 0 Å². The maximum atomic E-state index is 4.44. The first-order valence-electron chi connectivity index (χ1n) is 7.00. The molecular formula is C14H22N4. The highest BCUT2D eigenvalue weighted by Gasteiger charge is 2.35. The second-order valence-corrected chi connectivity index (χ2v) is 5.71. The van der Waals surface area contributed by atoms with Gasteiger partial charge in [0.05, 0.1) is 0 Å². The number of nitrogens with zero attached hydrogens (tertiary/aromatic N) is 3. The molecule has 0 spiro atoms. The van der Waals surface area contributed by atoms with Crippen molar-refractivity contribution in [2.45, 2.75) is 57.2 Å². The van der Waals surface area contributed by atoms with E-state index in [1.165, 1.54) is 32.1 Å². The zero-order valence-electron chi connectivity index (χ0n) is 11.3. The molecule has 2 saturated heterocycles. The Hall–Kier alpha value is -1.16. The topological polar surface area (TPSA) is 41.1 Å². The number of anilines is 1. The third-order valence-electron chi connectivity index (χ3n) is 4.47. The highest BCUT2D eigenvalue weighted by molar-refractivity contribution is 5.34. The van der Waals surface area contributed by atoms with Crippen molar-refractivity contribution in [3.8, 4) is 0 Å². The van der Waals surface area contributed by atoms with Gasteiger partial charge in [0.2, 0.25) is 0 Å². The molecule has 2 aliphatic rings. The number of aryl methyl sites for hydroxylation is 1. The molecule has 0 amide bonds. The Morgan fingerprint density at radius 3 is 2.67 bits per heavy atom. The number of hydrogen-bond donors (Lipinski definition) is 1. The highest BCUT2D eigenvalue weighted by Crippen LogP contribution is 2.33. The normalized spacial score (nSPS) is 32.2. The molecule has 3 heterocycles. The van der Waals surface area contributed by atoms with Crippen LogP contribution < -0.4 is 5.32 Å². The first kappa shape index (κ1) is 11.9. The molecule has 2 unspecified atom stereocenters. The molecule has 4 heteroatoms. The van der Waals surface area contributed by atoms with Gasteiger partial charge in [-0.05, 0) is 45.7 Å². The Bertz CT molecular complexity index is 406. The summed E-state index contributed by atoms with van der Waals surface area (Å²) in [5.41, 5.74) is 0. The van der Waals surface area contributed by atoms with Crippen LogP contribution in [0.4, 0.5) is 5.82 Å². The molecule has 98 valence electrons. The van der Waals surface area contributed by atoms with Crippen molar-refractivity contribution in [2.75, 3.05) is 12.4 Å². The summed E-state index contributed by atoms with van der Waals surface area (Å²) in [5, 5.41) is 3.59. The number of piperidine rings is 2. The minimum atomic E-state index is 0.575. The zero-order valence-corrected chi connectivity index (χ0v) is 11.3. The van der Waals surface area contributed by atoms with E-state index in [1.807, 2.05) is 19.2 Å². The zero-order chi connectivity index (χ0) is 12.5. The van der Waals surface area contributed by atoms with Gasteiger partial charge < -0.3 is 10.2 Å². The molecule has 2 fully saturated rings. The van der Waals surface area contributed by atoms with E-state index in [9.17, 15) is 0 Å². The maximum Gasteiger partial charge on any atom is 0.129 e. The fourth-order valence-corrected chi connectivity index (χ4v) is 3.48. The molecule has 3 rings (SSSR count). The van der Waals surface area contributed by atoms with Gasteiger partial charge in [0.15, 0.2) is 0 Å². The van der Waals surface area contributed by atoms with Crippen molar-refractivity contribution in [2.24, 2.45) is 0 Å². The standard InChI is InChI=1S/C14H22N4/c1-10-15-7-6-14(16-10)17-11-8-12-4-3-5-13(9-11)18(12)2/h6-7,11-13H,3-5,8-9H2,1-2H3,(H,15,16,17). The monoisotopic (exact) mass is 246 g/mol. The third-order valence-corrected chi connectivity index (χ3v) is 4.47. The minimum Gasteiger partial charge on any atom is -0.367 e. The second kappa shape index (κ2) is 4.84. The molecule has 0 aromatic carbocycles. The summed E-state index contributed by atoms with van der Waals surface area (Å²) < 4.78 is 0. The average molecular weight is 246 g/mol. The molecule has 2 atom stereocenters. The molecule has 1 aromatic heterocycles. The summed E-state index contributed by atoms with van der Waals surface area (Å²) in [4.78, 5) is 11.2. The van der Waals surface area contributed by atoms with Crippen molar-refractivity contribution < 1.29 is 0 Å². The van der Waals surface area contributed by atoms with E-state index in [0.29, 0.717) is 6.04 Å². The fraction of sp³-hybridized carbons (Fsp3) is 0.714. The summed E-state index contributed by atoms with van der Waals surface area (Å²) >= 11 is 0. The average Bonchev–Trinajstić information content (AvgIpc) is 2.30. The van der Waals surface area contributed by atoms with E-state index in [-0.39, 0.29) is 0 Å². The van der Waals surface area contributed by atoms with E-state index in [2.05, 4.69) is 27.2 Å². The van der Waals surface area contributed by atoms with Gasteiger partial charge in [0.25, 0.3) is 0 Å². The number of fused-ring (bicyclic) bond motifs is 2. The summed E-state index contributed by atoms with van der Waals surface area (Å²) in [5.74, 6) is 1.82. The second-order valence-electron chi connectivity index (χ2n) is 5.71. The van der Waals surface area contributed by atoms with Gasteiger partial charge in [0.1, 0.15) is 11.6 Å². The molecule has 1 aromatic rings. The van der Waals surface area contributed by atoms with Gasteiger partial charge in [-0.2, -0.15) is 0 Å². The van der Waals surface area contributed by atoms with Crippen LogP contribution in [0.2, 0.25) is 0 Å². The lowest BCUT2D eigenvalue weighted by molar-refractivity contribution is 0.0608. The molecule has 0 aliphatic carbocycles. The Balaban J connectivity index is 1.68. The lowest BCUT2D eigenvalue weighted by Gasteiger charge is -2.47. The van der Waals surface area contributed by atoms with Crippen LogP contribution in [-0.4, -0.2) is 40.0 Å². The van der Waals surface area contributed by atoms with Crippen LogP contribution in [0.15, 0.2) is 12.3 Å². The largest absolute Gasteiger partial charge is 0.367 e. The van der Waals surface area contributed by atoms with E-state index >= 15 is 0 Å². The van der Waals surface area contributed by atoms with Crippen LogP contribution in [0.5, 0.6) is 0 Å². The molecule has 2 bridgehead atoms. The molecule has 1 N–H and O–H groups in total. The lowest BCUT2D eigenvalue weighted by Crippen LogP contribution is -2.52. The predicted octanol–water partition coefficient (Wildman–Crippen LogP) is 2.21. The van der Waals surface area contributed by atoms with E-state index in [1.54, 1.807) is 0 Å². The maximum absolute atomic E-state index is 4.44. The number of nitrogens with one attached hydrogen (secondary N) is 1. The van der Waals surface area contributed by atoms with E-state index in [4.69, 9.17) is 0 Å². The summed E-state index contributed by atoms with van der Waals surface area (Å²) in [7, 11) is 2.29. The minimum absolute atomic E-state index is 0.575. The van der Waals surface area contributed by atoms with Crippen LogP contribution in [-0.2, 0) is 0 Å². The molecular weight excluding hydrogens is 224 g/mol. The molecule has 0 radical (unpaired) electrons. The van der Waals surface area contributed by atoms with Gasteiger partial charge >= 0.3 is 0 Å². The Kier molecular flexibility index (Phi) is 3.20. The number of aromatic nitrogens is 2. The highest BCUT2D eigenvalue weighted by atomic mass is 15.2. The van der Waals surface area contributed by atoms with Crippen molar-refractivity contribution in [3.63, 3.8) is 0 Å². The fourth-order valence-electron chi connectivity index (χ4n) is 3.48. The van der Waals surface area contributed by atoms with Gasteiger partial charge in [-0.25, -0.2) is 9.97 Å². The van der Waals surface area contributed by atoms with Gasteiger partial charge in [-0.15, -0.1) is 0 Å². The number of hydrogen-bond acceptors (Lipinski definition) is 4. The van der Waals surface area contributed by atoms with Gasteiger partial charge in [-0.3, -0.25) is 0 Å². The molecule has 18 heavy (non-hydrogen) atoms. The van der Waals surface area contributed by atoms with Crippen molar-refractivity contribution in [3.05, 3.63) is 18.1 Å². The van der Waals surface area contributed by atoms with Crippen LogP contribution in [0.1, 0.15) is 37.9 Å². The number of rotatable bonds is 2. The van der Waals surface area contributed by atoms with Crippen molar-refractivity contribution >= 4 is 5.82 Å².